The van der Waals surface area contributed by atoms with E-state index in [1.165, 1.54) is 69.9 Å². The van der Waals surface area contributed by atoms with E-state index in [0.717, 1.165) is 12.0 Å². The van der Waals surface area contributed by atoms with Gasteiger partial charge in [-0.05, 0) is 25.0 Å². The van der Waals surface area contributed by atoms with Crippen LogP contribution in [0.4, 0.5) is 4.39 Å². The Kier molecular flexibility index (Phi) is 9.94. The Bertz CT molecular complexity index is 376. The van der Waals surface area contributed by atoms with Crippen molar-refractivity contribution >= 4 is 0 Å². The van der Waals surface area contributed by atoms with Gasteiger partial charge in [-0.3, -0.25) is 0 Å². The minimum absolute atomic E-state index is 0.223. The molecule has 1 rings (SSSR count). The maximum absolute atomic E-state index is 13.1. The molecular formula is C19H31FO. The third-order valence-corrected chi connectivity index (χ3v) is 3.91. The van der Waals surface area contributed by atoms with Gasteiger partial charge in [0, 0.05) is 6.07 Å². The van der Waals surface area contributed by atoms with Crippen molar-refractivity contribution in [2.75, 3.05) is 6.61 Å². The summed E-state index contributed by atoms with van der Waals surface area (Å²) in [5.41, 5.74) is 1.00. The van der Waals surface area contributed by atoms with E-state index in [2.05, 4.69) is 6.92 Å². The second kappa shape index (κ2) is 11.6. The SMILES string of the molecule is CCCCCCCCCCCCOc1cc(F)ccc1C. The summed E-state index contributed by atoms with van der Waals surface area (Å²) in [6.07, 6.45) is 13.2. The third kappa shape index (κ3) is 8.75. The Morgan fingerprint density at radius 3 is 2.05 bits per heavy atom. The Labute approximate surface area is 129 Å². The van der Waals surface area contributed by atoms with Gasteiger partial charge in [0.05, 0.1) is 6.61 Å². The third-order valence-electron chi connectivity index (χ3n) is 3.91. The molecular weight excluding hydrogens is 263 g/mol. The predicted octanol–water partition coefficient (Wildman–Crippen LogP) is 6.43. The van der Waals surface area contributed by atoms with E-state index in [-0.39, 0.29) is 5.82 Å². The number of benzene rings is 1. The summed E-state index contributed by atoms with van der Waals surface area (Å²) in [6.45, 7) is 4.90. The van der Waals surface area contributed by atoms with Crippen molar-refractivity contribution in [1.82, 2.24) is 0 Å². The lowest BCUT2D eigenvalue weighted by molar-refractivity contribution is 0.301. The molecule has 0 aliphatic rings. The summed E-state index contributed by atoms with van der Waals surface area (Å²) >= 11 is 0. The van der Waals surface area contributed by atoms with Crippen LogP contribution in [0.3, 0.4) is 0 Å². The van der Waals surface area contributed by atoms with E-state index >= 15 is 0 Å². The number of unbranched alkanes of at least 4 members (excludes halogenated alkanes) is 9. The molecule has 0 spiro atoms. The maximum Gasteiger partial charge on any atom is 0.126 e. The molecule has 0 radical (unpaired) electrons. The van der Waals surface area contributed by atoms with E-state index in [1.54, 1.807) is 6.07 Å². The molecule has 120 valence electrons. The first kappa shape index (κ1) is 18.0. The van der Waals surface area contributed by atoms with Gasteiger partial charge in [-0.2, -0.15) is 0 Å². The predicted molar refractivity (Wildman–Crippen MR) is 88.5 cm³/mol. The molecule has 0 aliphatic heterocycles. The molecule has 0 heterocycles. The Hall–Kier alpha value is -1.05. The number of hydrogen-bond donors (Lipinski definition) is 0. The second-order valence-electron chi connectivity index (χ2n) is 5.94. The lowest BCUT2D eigenvalue weighted by atomic mass is 10.1. The summed E-state index contributed by atoms with van der Waals surface area (Å²) in [5, 5.41) is 0. The summed E-state index contributed by atoms with van der Waals surface area (Å²) < 4.78 is 18.7. The van der Waals surface area contributed by atoms with Crippen LogP contribution in [0, 0.1) is 12.7 Å². The van der Waals surface area contributed by atoms with E-state index < -0.39 is 0 Å². The van der Waals surface area contributed by atoms with E-state index in [9.17, 15) is 4.39 Å². The van der Waals surface area contributed by atoms with Crippen molar-refractivity contribution in [1.29, 1.82) is 0 Å². The van der Waals surface area contributed by atoms with Crippen molar-refractivity contribution in [3.05, 3.63) is 29.6 Å². The zero-order valence-corrected chi connectivity index (χ0v) is 13.8. The number of halogens is 1. The Morgan fingerprint density at radius 2 is 1.43 bits per heavy atom. The number of ether oxygens (including phenoxy) is 1. The van der Waals surface area contributed by atoms with Gasteiger partial charge in [0.2, 0.25) is 0 Å². The van der Waals surface area contributed by atoms with Gasteiger partial charge in [-0.15, -0.1) is 0 Å². The fourth-order valence-corrected chi connectivity index (χ4v) is 2.50. The standard InChI is InChI=1S/C19H31FO/c1-3-4-5-6-7-8-9-10-11-12-15-21-19-16-18(20)14-13-17(19)2/h13-14,16H,3-12,15H2,1-2H3. The monoisotopic (exact) mass is 294 g/mol. The van der Waals surface area contributed by atoms with Crippen LogP contribution in [-0.4, -0.2) is 6.61 Å². The van der Waals surface area contributed by atoms with Crippen LogP contribution in [-0.2, 0) is 0 Å². The molecule has 1 nitrogen and oxygen atoms in total. The van der Waals surface area contributed by atoms with Crippen molar-refractivity contribution in [2.45, 2.75) is 78.1 Å². The average molecular weight is 294 g/mol. The molecule has 0 atom stereocenters. The van der Waals surface area contributed by atoms with E-state index in [1.807, 2.05) is 6.92 Å². The fourth-order valence-electron chi connectivity index (χ4n) is 2.50. The topological polar surface area (TPSA) is 9.23 Å². The molecule has 2 heteroatoms. The second-order valence-corrected chi connectivity index (χ2v) is 5.94. The van der Waals surface area contributed by atoms with Gasteiger partial charge < -0.3 is 4.74 Å². The van der Waals surface area contributed by atoms with Crippen LogP contribution in [0.25, 0.3) is 0 Å². The lowest BCUT2D eigenvalue weighted by Crippen LogP contribution is -1.99. The minimum Gasteiger partial charge on any atom is -0.493 e. The highest BCUT2D eigenvalue weighted by molar-refractivity contribution is 5.32. The molecule has 0 aliphatic carbocycles. The molecule has 0 fully saturated rings. The number of rotatable bonds is 12. The summed E-state index contributed by atoms with van der Waals surface area (Å²) in [4.78, 5) is 0. The van der Waals surface area contributed by atoms with Gasteiger partial charge in [0.1, 0.15) is 11.6 Å². The highest BCUT2D eigenvalue weighted by atomic mass is 19.1. The maximum atomic E-state index is 13.1. The van der Waals surface area contributed by atoms with Crippen molar-refractivity contribution < 1.29 is 9.13 Å². The molecule has 21 heavy (non-hydrogen) atoms. The first-order valence-electron chi connectivity index (χ1n) is 8.63. The average Bonchev–Trinajstić information content (AvgIpc) is 2.48. The highest BCUT2D eigenvalue weighted by Gasteiger charge is 2.01. The highest BCUT2D eigenvalue weighted by Crippen LogP contribution is 2.19. The van der Waals surface area contributed by atoms with E-state index in [4.69, 9.17) is 4.74 Å². The number of hydrogen-bond acceptors (Lipinski definition) is 1. The molecule has 1 aromatic carbocycles. The van der Waals surface area contributed by atoms with Crippen LogP contribution in [0.2, 0.25) is 0 Å². The lowest BCUT2D eigenvalue weighted by Gasteiger charge is -2.09. The Morgan fingerprint density at radius 1 is 0.857 bits per heavy atom. The largest absolute Gasteiger partial charge is 0.493 e. The molecule has 1 aromatic rings. The van der Waals surface area contributed by atoms with Crippen LogP contribution in [0.15, 0.2) is 18.2 Å². The molecule has 0 unspecified atom stereocenters. The van der Waals surface area contributed by atoms with Crippen LogP contribution in [0.1, 0.15) is 76.7 Å². The fraction of sp³-hybridized carbons (Fsp3) is 0.684. The Balaban J connectivity index is 1.94. The minimum atomic E-state index is -0.223. The zero-order valence-electron chi connectivity index (χ0n) is 13.8. The molecule has 0 aromatic heterocycles. The van der Waals surface area contributed by atoms with Gasteiger partial charge in [0.25, 0.3) is 0 Å². The van der Waals surface area contributed by atoms with Crippen LogP contribution in [0.5, 0.6) is 5.75 Å². The quantitative estimate of drug-likeness (QED) is 0.403. The smallest absolute Gasteiger partial charge is 0.126 e. The summed E-state index contributed by atoms with van der Waals surface area (Å²) in [7, 11) is 0. The summed E-state index contributed by atoms with van der Waals surface area (Å²) in [5.74, 6) is 0.463. The molecule has 0 bridgehead atoms. The number of aryl methyl sites for hydroxylation is 1. The molecule has 0 N–H and O–H groups in total. The molecule has 0 saturated carbocycles. The van der Waals surface area contributed by atoms with Gasteiger partial charge in [-0.1, -0.05) is 70.8 Å². The zero-order chi connectivity index (χ0) is 15.3. The first-order chi connectivity index (χ1) is 10.2. The van der Waals surface area contributed by atoms with Crippen molar-refractivity contribution in [3.8, 4) is 5.75 Å². The molecule has 0 amide bonds. The van der Waals surface area contributed by atoms with Crippen LogP contribution >= 0.6 is 0 Å². The molecule has 0 saturated heterocycles. The first-order valence-corrected chi connectivity index (χ1v) is 8.63. The van der Waals surface area contributed by atoms with Gasteiger partial charge >= 0.3 is 0 Å². The van der Waals surface area contributed by atoms with E-state index in [0.29, 0.717) is 12.4 Å². The van der Waals surface area contributed by atoms with Crippen molar-refractivity contribution in [2.24, 2.45) is 0 Å². The summed E-state index contributed by atoms with van der Waals surface area (Å²) in [6, 6.07) is 4.72. The van der Waals surface area contributed by atoms with Gasteiger partial charge in [-0.25, -0.2) is 4.39 Å². The van der Waals surface area contributed by atoms with Crippen LogP contribution < -0.4 is 4.74 Å². The van der Waals surface area contributed by atoms with Crippen molar-refractivity contribution in [3.63, 3.8) is 0 Å². The van der Waals surface area contributed by atoms with Gasteiger partial charge in [0.15, 0.2) is 0 Å². The normalized spacial score (nSPS) is 10.8.